The van der Waals surface area contributed by atoms with Crippen LogP contribution in [0.3, 0.4) is 0 Å². The molecule has 1 N–H and O–H groups in total. The van der Waals surface area contributed by atoms with Gasteiger partial charge in [-0.05, 0) is 25.3 Å². The molecule has 0 saturated carbocycles. The van der Waals surface area contributed by atoms with Crippen molar-refractivity contribution >= 4 is 0 Å². The number of hydrogen-bond donors (Lipinski definition) is 1. The fourth-order valence-electron chi connectivity index (χ4n) is 2.21. The molecule has 1 unspecified atom stereocenters. The summed E-state index contributed by atoms with van der Waals surface area (Å²) in [5.74, 6) is 1.46. The predicted molar refractivity (Wildman–Crippen MR) is 67.1 cm³/mol. The Kier molecular flexibility index (Phi) is 4.36. The van der Waals surface area contributed by atoms with Gasteiger partial charge in [0.05, 0.1) is 13.7 Å². The largest absolute Gasteiger partial charge is 0.496 e. The molecule has 1 aromatic carbocycles. The molecule has 2 nitrogen and oxygen atoms in total. The van der Waals surface area contributed by atoms with E-state index in [1.54, 1.807) is 7.11 Å². The zero-order valence-electron chi connectivity index (χ0n) is 10.9. The van der Waals surface area contributed by atoms with Crippen LogP contribution in [-0.2, 0) is 0 Å². The first kappa shape index (κ1) is 13.0. The molecule has 0 aliphatic carbocycles. The minimum absolute atomic E-state index is 0.147. The monoisotopic (exact) mass is 222 g/mol. The lowest BCUT2D eigenvalue weighted by atomic mass is 9.86. The molecule has 0 aliphatic rings. The highest BCUT2D eigenvalue weighted by Gasteiger charge is 2.20. The number of aliphatic hydroxyl groups is 1. The summed E-state index contributed by atoms with van der Waals surface area (Å²) in [7, 11) is 1.69. The van der Waals surface area contributed by atoms with E-state index < -0.39 is 0 Å². The van der Waals surface area contributed by atoms with Crippen LogP contribution in [0.4, 0.5) is 0 Å². The van der Waals surface area contributed by atoms with Crippen molar-refractivity contribution < 1.29 is 9.84 Å². The Bertz CT molecular complexity index is 356. The Morgan fingerprint density at radius 1 is 1.25 bits per heavy atom. The second-order valence-electron chi connectivity index (χ2n) is 4.74. The van der Waals surface area contributed by atoms with Crippen LogP contribution < -0.4 is 4.74 Å². The van der Waals surface area contributed by atoms with Crippen LogP contribution in [0.2, 0.25) is 0 Å². The van der Waals surface area contributed by atoms with Gasteiger partial charge in [-0.3, -0.25) is 0 Å². The quantitative estimate of drug-likeness (QED) is 0.848. The van der Waals surface area contributed by atoms with E-state index >= 15 is 0 Å². The maximum atomic E-state index is 9.50. The van der Waals surface area contributed by atoms with Gasteiger partial charge >= 0.3 is 0 Å². The van der Waals surface area contributed by atoms with E-state index in [0.717, 1.165) is 16.9 Å². The fourth-order valence-corrected chi connectivity index (χ4v) is 2.21. The van der Waals surface area contributed by atoms with Gasteiger partial charge in [0.15, 0.2) is 0 Å². The number of aliphatic hydroxyl groups excluding tert-OH is 1. The highest BCUT2D eigenvalue weighted by atomic mass is 16.5. The van der Waals surface area contributed by atoms with E-state index in [0.29, 0.717) is 5.92 Å². The van der Waals surface area contributed by atoms with Crippen LogP contribution in [-0.4, -0.2) is 18.8 Å². The molecule has 1 rings (SSSR count). The molecule has 0 fully saturated rings. The standard InChI is InChI=1S/C14H22O2/c1-9(2)13(8-15)12-7-10(3)6-11(4)14(12)16-5/h6-7,9,13,15H,8H2,1-5H3. The molecule has 0 heterocycles. The summed E-state index contributed by atoms with van der Waals surface area (Å²) in [5, 5.41) is 9.50. The third kappa shape index (κ3) is 2.56. The maximum Gasteiger partial charge on any atom is 0.125 e. The minimum atomic E-state index is 0.147. The van der Waals surface area contributed by atoms with Crippen LogP contribution in [0.1, 0.15) is 36.5 Å². The summed E-state index contributed by atoms with van der Waals surface area (Å²) in [5.41, 5.74) is 3.47. The molecular weight excluding hydrogens is 200 g/mol. The number of methoxy groups -OCH3 is 1. The summed E-state index contributed by atoms with van der Waals surface area (Å²) >= 11 is 0. The van der Waals surface area contributed by atoms with Crippen LogP contribution in [0.5, 0.6) is 5.75 Å². The van der Waals surface area contributed by atoms with Gasteiger partial charge in [0.1, 0.15) is 5.75 Å². The van der Waals surface area contributed by atoms with Crippen molar-refractivity contribution in [1.29, 1.82) is 0 Å². The first-order valence-corrected chi connectivity index (χ1v) is 5.77. The Morgan fingerprint density at radius 3 is 2.31 bits per heavy atom. The average molecular weight is 222 g/mol. The molecule has 0 aliphatic heterocycles. The van der Waals surface area contributed by atoms with Gasteiger partial charge in [-0.25, -0.2) is 0 Å². The predicted octanol–water partition coefficient (Wildman–Crippen LogP) is 3.04. The Balaban J connectivity index is 3.29. The number of hydrogen-bond acceptors (Lipinski definition) is 2. The molecule has 0 spiro atoms. The third-order valence-electron chi connectivity index (χ3n) is 3.05. The zero-order valence-corrected chi connectivity index (χ0v) is 10.9. The summed E-state index contributed by atoms with van der Waals surface area (Å²) in [6.45, 7) is 8.53. The number of ether oxygens (including phenoxy) is 1. The molecule has 16 heavy (non-hydrogen) atoms. The Labute approximate surface area is 98.3 Å². The second-order valence-corrected chi connectivity index (χ2v) is 4.74. The third-order valence-corrected chi connectivity index (χ3v) is 3.05. The maximum absolute atomic E-state index is 9.50. The molecular formula is C14H22O2. The molecule has 0 saturated heterocycles. The second kappa shape index (κ2) is 5.35. The molecule has 0 bridgehead atoms. The van der Waals surface area contributed by atoms with Crippen LogP contribution >= 0.6 is 0 Å². The number of aryl methyl sites for hydroxylation is 2. The van der Waals surface area contributed by atoms with Crippen LogP contribution in [0, 0.1) is 19.8 Å². The lowest BCUT2D eigenvalue weighted by Gasteiger charge is -2.23. The molecule has 0 amide bonds. The normalized spacial score (nSPS) is 12.9. The summed E-state index contributed by atoms with van der Waals surface area (Å²) in [4.78, 5) is 0. The van der Waals surface area contributed by atoms with E-state index in [2.05, 4.69) is 32.9 Å². The highest BCUT2D eigenvalue weighted by Crippen LogP contribution is 2.34. The topological polar surface area (TPSA) is 29.5 Å². The molecule has 90 valence electrons. The van der Waals surface area contributed by atoms with Gasteiger partial charge in [0, 0.05) is 11.5 Å². The lowest BCUT2D eigenvalue weighted by molar-refractivity contribution is 0.234. The smallest absolute Gasteiger partial charge is 0.125 e. The van der Waals surface area contributed by atoms with E-state index in [1.165, 1.54) is 5.56 Å². The summed E-state index contributed by atoms with van der Waals surface area (Å²) in [6, 6.07) is 4.23. The van der Waals surface area contributed by atoms with E-state index in [-0.39, 0.29) is 12.5 Å². The molecule has 1 atom stereocenters. The van der Waals surface area contributed by atoms with Gasteiger partial charge in [0.2, 0.25) is 0 Å². The van der Waals surface area contributed by atoms with Crippen molar-refractivity contribution in [2.24, 2.45) is 5.92 Å². The van der Waals surface area contributed by atoms with Gasteiger partial charge in [-0.2, -0.15) is 0 Å². The SMILES string of the molecule is COc1c(C)cc(C)cc1C(CO)C(C)C. The van der Waals surface area contributed by atoms with Crippen molar-refractivity contribution in [2.75, 3.05) is 13.7 Å². The van der Waals surface area contributed by atoms with Crippen molar-refractivity contribution in [2.45, 2.75) is 33.6 Å². The molecule has 1 aromatic rings. The van der Waals surface area contributed by atoms with Gasteiger partial charge in [0.25, 0.3) is 0 Å². The molecule has 2 heteroatoms. The van der Waals surface area contributed by atoms with Crippen LogP contribution in [0.15, 0.2) is 12.1 Å². The van der Waals surface area contributed by atoms with Crippen molar-refractivity contribution in [3.8, 4) is 5.75 Å². The van der Waals surface area contributed by atoms with Gasteiger partial charge in [-0.15, -0.1) is 0 Å². The lowest BCUT2D eigenvalue weighted by Crippen LogP contribution is -2.13. The van der Waals surface area contributed by atoms with Crippen LogP contribution in [0.25, 0.3) is 0 Å². The van der Waals surface area contributed by atoms with E-state index in [1.807, 2.05) is 6.92 Å². The minimum Gasteiger partial charge on any atom is -0.496 e. The first-order chi connectivity index (χ1) is 7.51. The van der Waals surface area contributed by atoms with Crippen molar-refractivity contribution in [3.05, 3.63) is 28.8 Å². The Morgan fingerprint density at radius 2 is 1.88 bits per heavy atom. The average Bonchev–Trinajstić information content (AvgIpc) is 2.17. The van der Waals surface area contributed by atoms with E-state index in [9.17, 15) is 5.11 Å². The first-order valence-electron chi connectivity index (χ1n) is 5.77. The summed E-state index contributed by atoms with van der Waals surface area (Å²) < 4.78 is 5.45. The fraction of sp³-hybridized carbons (Fsp3) is 0.571. The van der Waals surface area contributed by atoms with Crippen molar-refractivity contribution in [1.82, 2.24) is 0 Å². The molecule has 0 aromatic heterocycles. The van der Waals surface area contributed by atoms with Crippen molar-refractivity contribution in [3.63, 3.8) is 0 Å². The summed E-state index contributed by atoms with van der Waals surface area (Å²) in [6.07, 6.45) is 0. The van der Waals surface area contributed by atoms with Gasteiger partial charge < -0.3 is 9.84 Å². The highest BCUT2D eigenvalue weighted by molar-refractivity contribution is 5.46. The number of rotatable bonds is 4. The number of benzene rings is 1. The van der Waals surface area contributed by atoms with Gasteiger partial charge in [-0.1, -0.05) is 31.5 Å². The molecule has 0 radical (unpaired) electrons. The van der Waals surface area contributed by atoms with E-state index in [4.69, 9.17) is 4.74 Å². The Hall–Kier alpha value is -1.02. The zero-order chi connectivity index (χ0) is 12.3.